The number of carbonyl (C=O) groups is 1. The predicted octanol–water partition coefficient (Wildman–Crippen LogP) is 1.43. The molecule has 1 saturated heterocycles. The summed E-state index contributed by atoms with van der Waals surface area (Å²) in [5.41, 5.74) is 0.749. The average Bonchev–Trinajstić information content (AvgIpc) is 2.73. The Morgan fingerprint density at radius 3 is 2.48 bits per heavy atom. The molecule has 1 heterocycles. The van der Waals surface area contributed by atoms with Gasteiger partial charge in [0, 0.05) is 12.2 Å². The van der Waals surface area contributed by atoms with E-state index in [2.05, 4.69) is 4.72 Å². The van der Waals surface area contributed by atoms with Crippen molar-refractivity contribution in [1.29, 1.82) is 0 Å². The van der Waals surface area contributed by atoms with Gasteiger partial charge in [-0.15, -0.1) is 0 Å². The molecule has 6 nitrogen and oxygen atoms in total. The first-order valence-corrected chi connectivity index (χ1v) is 8.47. The molecule has 0 amide bonds. The molecule has 2 rings (SSSR count). The van der Waals surface area contributed by atoms with Crippen LogP contribution in [0.3, 0.4) is 0 Å². The van der Waals surface area contributed by atoms with Gasteiger partial charge in [-0.1, -0.05) is 12.8 Å². The van der Waals surface area contributed by atoms with E-state index >= 15 is 0 Å². The van der Waals surface area contributed by atoms with Crippen molar-refractivity contribution in [3.63, 3.8) is 0 Å². The summed E-state index contributed by atoms with van der Waals surface area (Å²) >= 11 is 0. The predicted molar refractivity (Wildman–Crippen MR) is 79.9 cm³/mol. The second-order valence-corrected chi connectivity index (χ2v) is 6.98. The van der Waals surface area contributed by atoms with Gasteiger partial charge in [0.2, 0.25) is 10.0 Å². The lowest BCUT2D eigenvalue weighted by Gasteiger charge is -2.29. The Hall–Kier alpha value is -1.60. The zero-order chi connectivity index (χ0) is 15.5. The Morgan fingerprint density at radius 2 is 1.90 bits per heavy atom. The first-order chi connectivity index (χ1) is 9.95. The fourth-order valence-electron chi connectivity index (χ4n) is 2.61. The van der Waals surface area contributed by atoms with E-state index in [1.54, 1.807) is 12.1 Å². The highest BCUT2D eigenvalue weighted by Crippen LogP contribution is 2.25. The maximum Gasteiger partial charge on any atom is 0.326 e. The smallest absolute Gasteiger partial charge is 0.326 e. The lowest BCUT2D eigenvalue weighted by molar-refractivity contribution is -0.138. The summed E-state index contributed by atoms with van der Waals surface area (Å²) in [4.78, 5) is 13.4. The third-order valence-corrected chi connectivity index (χ3v) is 5.22. The first-order valence-electron chi connectivity index (χ1n) is 6.99. The lowest BCUT2D eigenvalue weighted by Crippen LogP contribution is -2.40. The van der Waals surface area contributed by atoms with Crippen LogP contribution in [0.25, 0.3) is 0 Å². The van der Waals surface area contributed by atoms with Crippen molar-refractivity contribution in [3.05, 3.63) is 24.3 Å². The first kappa shape index (κ1) is 15.8. The Kier molecular flexibility index (Phi) is 4.84. The summed E-state index contributed by atoms with van der Waals surface area (Å²) in [5.74, 6) is -0.830. The number of sulfonamides is 1. The number of nitrogens with one attached hydrogen (secondary N) is 1. The van der Waals surface area contributed by atoms with Crippen LogP contribution in [0.2, 0.25) is 0 Å². The summed E-state index contributed by atoms with van der Waals surface area (Å²) in [6.07, 6.45) is 3.48. The van der Waals surface area contributed by atoms with Gasteiger partial charge in [0.25, 0.3) is 0 Å². The molecule has 1 unspecified atom stereocenters. The van der Waals surface area contributed by atoms with Gasteiger partial charge in [-0.05, 0) is 44.2 Å². The van der Waals surface area contributed by atoms with Crippen molar-refractivity contribution in [2.75, 3.05) is 18.5 Å². The number of hydrogen-bond acceptors (Lipinski definition) is 4. The van der Waals surface area contributed by atoms with Crippen LogP contribution in [0, 0.1) is 0 Å². The van der Waals surface area contributed by atoms with E-state index < -0.39 is 22.0 Å². The molecule has 21 heavy (non-hydrogen) atoms. The molecule has 2 N–H and O–H groups in total. The van der Waals surface area contributed by atoms with Crippen LogP contribution in [0.15, 0.2) is 29.2 Å². The molecule has 0 radical (unpaired) electrons. The summed E-state index contributed by atoms with van der Waals surface area (Å²) < 4.78 is 25.7. The molecule has 0 spiro atoms. The molecule has 1 aliphatic heterocycles. The second kappa shape index (κ2) is 6.44. The third kappa shape index (κ3) is 3.54. The number of carboxylic acids is 1. The Morgan fingerprint density at radius 1 is 1.24 bits per heavy atom. The van der Waals surface area contributed by atoms with Gasteiger partial charge in [0.15, 0.2) is 0 Å². The molecule has 116 valence electrons. The highest BCUT2D eigenvalue weighted by atomic mass is 32.2. The standard InChI is InChI=1S/C14H20N2O4S/c1-15-21(19,20)12-8-6-11(7-9-12)16-10-4-2-3-5-13(16)14(17)18/h6-9,13,15H,2-5,10H2,1H3,(H,17,18). The minimum atomic E-state index is -3.47. The van der Waals surface area contributed by atoms with Crippen molar-refractivity contribution < 1.29 is 18.3 Å². The van der Waals surface area contributed by atoms with Gasteiger partial charge in [-0.25, -0.2) is 17.9 Å². The SMILES string of the molecule is CNS(=O)(=O)c1ccc(N2CCCCCC2C(=O)O)cc1. The van der Waals surface area contributed by atoms with Gasteiger partial charge in [-0.2, -0.15) is 0 Å². The topological polar surface area (TPSA) is 86.7 Å². The van der Waals surface area contributed by atoms with E-state index in [1.165, 1.54) is 19.2 Å². The molecule has 1 atom stereocenters. The van der Waals surface area contributed by atoms with Gasteiger partial charge < -0.3 is 10.0 Å². The van der Waals surface area contributed by atoms with Crippen LogP contribution in [0.5, 0.6) is 0 Å². The number of nitrogens with zero attached hydrogens (tertiary/aromatic N) is 1. The van der Waals surface area contributed by atoms with E-state index in [0.29, 0.717) is 13.0 Å². The Balaban J connectivity index is 2.29. The average molecular weight is 312 g/mol. The van der Waals surface area contributed by atoms with Crippen LogP contribution in [-0.4, -0.2) is 39.1 Å². The molecule has 0 aromatic heterocycles. The van der Waals surface area contributed by atoms with E-state index in [9.17, 15) is 18.3 Å². The second-order valence-electron chi connectivity index (χ2n) is 5.10. The molecule has 0 saturated carbocycles. The minimum absolute atomic E-state index is 0.176. The highest BCUT2D eigenvalue weighted by Gasteiger charge is 2.27. The molecule has 1 fully saturated rings. The van der Waals surface area contributed by atoms with Crippen molar-refractivity contribution in [2.45, 2.75) is 36.6 Å². The van der Waals surface area contributed by atoms with Crippen LogP contribution >= 0.6 is 0 Å². The number of benzene rings is 1. The van der Waals surface area contributed by atoms with E-state index in [4.69, 9.17) is 0 Å². The maximum absolute atomic E-state index is 11.7. The van der Waals surface area contributed by atoms with Gasteiger partial charge in [-0.3, -0.25) is 0 Å². The molecule has 7 heteroatoms. The van der Waals surface area contributed by atoms with E-state index in [0.717, 1.165) is 24.9 Å². The van der Waals surface area contributed by atoms with E-state index in [-0.39, 0.29) is 4.90 Å². The number of rotatable bonds is 4. The maximum atomic E-state index is 11.7. The monoisotopic (exact) mass is 312 g/mol. The third-order valence-electron chi connectivity index (χ3n) is 3.79. The van der Waals surface area contributed by atoms with Crippen LogP contribution in [0.4, 0.5) is 5.69 Å². The van der Waals surface area contributed by atoms with Crippen molar-refractivity contribution in [3.8, 4) is 0 Å². The van der Waals surface area contributed by atoms with Crippen molar-refractivity contribution >= 4 is 21.7 Å². The van der Waals surface area contributed by atoms with Crippen LogP contribution < -0.4 is 9.62 Å². The molecular formula is C14H20N2O4S. The fraction of sp³-hybridized carbons (Fsp3) is 0.500. The normalized spacial score (nSPS) is 20.0. The molecule has 1 aromatic rings. The zero-order valence-corrected chi connectivity index (χ0v) is 12.8. The van der Waals surface area contributed by atoms with Crippen LogP contribution in [-0.2, 0) is 14.8 Å². The van der Waals surface area contributed by atoms with Gasteiger partial charge >= 0.3 is 5.97 Å². The zero-order valence-electron chi connectivity index (χ0n) is 11.9. The summed E-state index contributed by atoms with van der Waals surface area (Å²) in [7, 11) is -2.11. The Bertz CT molecular complexity index is 598. The number of hydrogen-bond donors (Lipinski definition) is 2. The highest BCUT2D eigenvalue weighted by molar-refractivity contribution is 7.89. The minimum Gasteiger partial charge on any atom is -0.480 e. The summed E-state index contributed by atoms with van der Waals surface area (Å²) in [5, 5.41) is 9.37. The lowest BCUT2D eigenvalue weighted by atomic mass is 10.1. The Labute approximate surface area is 124 Å². The number of anilines is 1. The van der Waals surface area contributed by atoms with Crippen molar-refractivity contribution in [1.82, 2.24) is 4.72 Å². The molecule has 0 bridgehead atoms. The summed E-state index contributed by atoms with van der Waals surface area (Å²) in [6.45, 7) is 0.676. The van der Waals surface area contributed by atoms with Crippen molar-refractivity contribution in [2.24, 2.45) is 0 Å². The largest absolute Gasteiger partial charge is 0.480 e. The van der Waals surface area contributed by atoms with Gasteiger partial charge in [0.05, 0.1) is 4.90 Å². The summed E-state index contributed by atoms with van der Waals surface area (Å²) in [6, 6.07) is 5.81. The van der Waals surface area contributed by atoms with E-state index in [1.807, 2.05) is 4.90 Å². The quantitative estimate of drug-likeness (QED) is 0.878. The molecule has 0 aliphatic carbocycles. The number of carboxylic acid groups (broad SMARTS) is 1. The molecule has 1 aliphatic rings. The van der Waals surface area contributed by atoms with Gasteiger partial charge in [0.1, 0.15) is 6.04 Å². The number of aliphatic carboxylic acids is 1. The molecule has 1 aromatic carbocycles. The fourth-order valence-corrected chi connectivity index (χ4v) is 3.34. The van der Waals surface area contributed by atoms with Crippen LogP contribution in [0.1, 0.15) is 25.7 Å². The molecular weight excluding hydrogens is 292 g/mol.